The lowest BCUT2D eigenvalue weighted by Crippen LogP contribution is -2.36. The molecule has 0 amide bonds. The predicted molar refractivity (Wildman–Crippen MR) is 53.3 cm³/mol. The number of nitrogens with two attached hydrogens (primary N) is 1. The lowest BCUT2D eigenvalue weighted by molar-refractivity contribution is -0.141. The number of aromatic nitrogens is 2. The van der Waals surface area contributed by atoms with E-state index in [-0.39, 0.29) is 0 Å². The van der Waals surface area contributed by atoms with E-state index in [0.717, 1.165) is 5.69 Å². The third-order valence-corrected chi connectivity index (χ3v) is 2.49. The first-order chi connectivity index (χ1) is 6.86. The van der Waals surface area contributed by atoms with Gasteiger partial charge in [0.2, 0.25) is 0 Å². The summed E-state index contributed by atoms with van der Waals surface area (Å²) in [4.78, 5) is 10.6. The number of carboxylic acid groups (broad SMARTS) is 1. The number of nitrogens with zero attached hydrogens (tertiary/aromatic N) is 2. The van der Waals surface area contributed by atoms with Crippen molar-refractivity contribution < 1.29 is 15.0 Å². The van der Waals surface area contributed by atoms with Gasteiger partial charge in [-0.1, -0.05) is 0 Å². The molecule has 6 nitrogen and oxygen atoms in total. The van der Waals surface area contributed by atoms with Crippen LogP contribution in [0.15, 0.2) is 0 Å². The van der Waals surface area contributed by atoms with E-state index in [1.165, 1.54) is 0 Å². The second-order valence-corrected chi connectivity index (χ2v) is 3.52. The summed E-state index contributed by atoms with van der Waals surface area (Å²) in [7, 11) is 1.73. The first-order valence-electron chi connectivity index (χ1n) is 4.52. The SMILES string of the molecule is Cc1nn(C)c(C)c1C(O)C(N)C(=O)O. The Hall–Kier alpha value is -1.40. The molecule has 1 rings (SSSR count). The van der Waals surface area contributed by atoms with Crippen molar-refractivity contribution in [2.45, 2.75) is 26.0 Å². The Bertz CT molecular complexity index is 386. The molecule has 0 bridgehead atoms. The fourth-order valence-corrected chi connectivity index (χ4v) is 1.53. The number of carbonyl (C=O) groups is 1. The van der Waals surface area contributed by atoms with Gasteiger partial charge in [-0.15, -0.1) is 0 Å². The minimum absolute atomic E-state index is 0.493. The van der Waals surface area contributed by atoms with Gasteiger partial charge in [0.1, 0.15) is 12.1 Å². The van der Waals surface area contributed by atoms with Crippen LogP contribution in [0.4, 0.5) is 0 Å². The van der Waals surface area contributed by atoms with Gasteiger partial charge >= 0.3 is 5.97 Å². The van der Waals surface area contributed by atoms with Crippen LogP contribution in [0, 0.1) is 13.8 Å². The zero-order valence-electron chi connectivity index (χ0n) is 8.93. The Labute approximate surface area is 87.3 Å². The molecule has 0 fully saturated rings. The van der Waals surface area contributed by atoms with Crippen molar-refractivity contribution in [3.8, 4) is 0 Å². The summed E-state index contributed by atoms with van der Waals surface area (Å²) in [5, 5.41) is 22.5. The molecular formula is C9H15N3O3. The van der Waals surface area contributed by atoms with Crippen LogP contribution in [0.2, 0.25) is 0 Å². The number of hydrogen-bond acceptors (Lipinski definition) is 4. The standard InChI is InChI=1S/C9H15N3O3/c1-4-6(5(2)12(3)11-4)8(13)7(10)9(14)15/h7-8,13H,10H2,1-3H3,(H,14,15). The van der Waals surface area contributed by atoms with Crippen LogP contribution in [0.25, 0.3) is 0 Å². The number of carboxylic acids is 1. The van der Waals surface area contributed by atoms with E-state index in [4.69, 9.17) is 10.8 Å². The lowest BCUT2D eigenvalue weighted by atomic mass is 10.0. The van der Waals surface area contributed by atoms with Crippen LogP contribution < -0.4 is 5.73 Å². The molecule has 6 heteroatoms. The molecule has 0 spiro atoms. The van der Waals surface area contributed by atoms with E-state index >= 15 is 0 Å². The Kier molecular flexibility index (Phi) is 3.11. The summed E-state index contributed by atoms with van der Waals surface area (Å²) in [6.07, 6.45) is -1.23. The lowest BCUT2D eigenvalue weighted by Gasteiger charge is -2.15. The maximum Gasteiger partial charge on any atom is 0.323 e. The van der Waals surface area contributed by atoms with Gasteiger partial charge in [-0.05, 0) is 13.8 Å². The molecule has 0 radical (unpaired) electrons. The summed E-state index contributed by atoms with van der Waals surface area (Å²) < 4.78 is 1.59. The van der Waals surface area contributed by atoms with Crippen molar-refractivity contribution in [1.82, 2.24) is 9.78 Å². The minimum Gasteiger partial charge on any atom is -0.480 e. The van der Waals surface area contributed by atoms with E-state index in [1.54, 1.807) is 25.6 Å². The smallest absolute Gasteiger partial charge is 0.323 e. The average molecular weight is 213 g/mol. The molecule has 4 N–H and O–H groups in total. The fraction of sp³-hybridized carbons (Fsp3) is 0.556. The summed E-state index contributed by atoms with van der Waals surface area (Å²) in [5.74, 6) is -1.23. The zero-order valence-corrected chi connectivity index (χ0v) is 8.93. The highest BCUT2D eigenvalue weighted by atomic mass is 16.4. The molecule has 2 atom stereocenters. The first-order valence-corrected chi connectivity index (χ1v) is 4.52. The maximum atomic E-state index is 10.6. The molecule has 0 aliphatic heterocycles. The molecule has 2 unspecified atom stereocenters. The molecule has 84 valence electrons. The Morgan fingerprint density at radius 2 is 2.07 bits per heavy atom. The van der Waals surface area contributed by atoms with Gasteiger partial charge in [-0.2, -0.15) is 5.10 Å². The Morgan fingerprint density at radius 1 is 1.53 bits per heavy atom. The van der Waals surface area contributed by atoms with E-state index in [2.05, 4.69) is 5.10 Å². The summed E-state index contributed by atoms with van der Waals surface area (Å²) in [6, 6.07) is -1.33. The molecule has 15 heavy (non-hydrogen) atoms. The van der Waals surface area contributed by atoms with Crippen molar-refractivity contribution in [1.29, 1.82) is 0 Å². The van der Waals surface area contributed by atoms with E-state index in [9.17, 15) is 9.90 Å². The van der Waals surface area contributed by atoms with Gasteiger partial charge in [-0.3, -0.25) is 9.48 Å². The quantitative estimate of drug-likeness (QED) is 0.627. The van der Waals surface area contributed by atoms with Crippen molar-refractivity contribution in [2.24, 2.45) is 12.8 Å². The van der Waals surface area contributed by atoms with Crippen LogP contribution in [-0.2, 0) is 11.8 Å². The number of rotatable bonds is 3. The van der Waals surface area contributed by atoms with Gasteiger partial charge in [0.15, 0.2) is 0 Å². The number of hydrogen-bond donors (Lipinski definition) is 3. The van der Waals surface area contributed by atoms with Crippen molar-refractivity contribution >= 4 is 5.97 Å². The van der Waals surface area contributed by atoms with Gasteiger partial charge in [0, 0.05) is 18.3 Å². The van der Waals surface area contributed by atoms with Crippen LogP contribution in [-0.4, -0.2) is 32.0 Å². The van der Waals surface area contributed by atoms with Crippen molar-refractivity contribution in [3.05, 3.63) is 17.0 Å². The van der Waals surface area contributed by atoms with Gasteiger partial charge in [-0.25, -0.2) is 0 Å². The zero-order chi connectivity index (χ0) is 11.7. The van der Waals surface area contributed by atoms with Gasteiger partial charge < -0.3 is 15.9 Å². The summed E-state index contributed by atoms with van der Waals surface area (Å²) >= 11 is 0. The second-order valence-electron chi connectivity index (χ2n) is 3.52. The van der Waals surface area contributed by atoms with Crippen LogP contribution in [0.3, 0.4) is 0 Å². The molecule has 1 aromatic rings. The number of aliphatic hydroxyl groups is 1. The predicted octanol–water partition coefficient (Wildman–Crippen LogP) is -0.518. The third kappa shape index (κ3) is 2.00. The topological polar surface area (TPSA) is 101 Å². The van der Waals surface area contributed by atoms with E-state index < -0.39 is 18.1 Å². The average Bonchev–Trinajstić information content (AvgIpc) is 2.39. The molecule has 0 saturated heterocycles. The number of aliphatic hydroxyl groups excluding tert-OH is 1. The number of aliphatic carboxylic acids is 1. The van der Waals surface area contributed by atoms with Gasteiger partial charge in [0.25, 0.3) is 0 Å². The van der Waals surface area contributed by atoms with Crippen molar-refractivity contribution in [3.63, 3.8) is 0 Å². The van der Waals surface area contributed by atoms with Crippen LogP contribution in [0.5, 0.6) is 0 Å². The molecule has 0 aliphatic rings. The Balaban J connectivity index is 3.10. The van der Waals surface area contributed by atoms with E-state index in [0.29, 0.717) is 11.3 Å². The molecular weight excluding hydrogens is 198 g/mol. The summed E-state index contributed by atoms with van der Waals surface area (Å²) in [5.41, 5.74) is 7.16. The normalized spacial score (nSPS) is 15.0. The minimum atomic E-state index is -1.33. The maximum absolute atomic E-state index is 10.6. The van der Waals surface area contributed by atoms with Crippen LogP contribution >= 0.6 is 0 Å². The molecule has 1 aromatic heterocycles. The highest BCUT2D eigenvalue weighted by molar-refractivity contribution is 5.74. The summed E-state index contributed by atoms with van der Waals surface area (Å²) in [6.45, 7) is 3.47. The fourth-order valence-electron chi connectivity index (χ4n) is 1.53. The Morgan fingerprint density at radius 3 is 2.40 bits per heavy atom. The molecule has 1 heterocycles. The second kappa shape index (κ2) is 4.00. The van der Waals surface area contributed by atoms with Crippen molar-refractivity contribution in [2.75, 3.05) is 0 Å². The highest BCUT2D eigenvalue weighted by Crippen LogP contribution is 2.22. The third-order valence-electron chi connectivity index (χ3n) is 2.49. The van der Waals surface area contributed by atoms with Crippen LogP contribution in [0.1, 0.15) is 23.1 Å². The molecule has 0 aromatic carbocycles. The largest absolute Gasteiger partial charge is 0.480 e. The molecule has 0 saturated carbocycles. The monoisotopic (exact) mass is 213 g/mol. The van der Waals surface area contributed by atoms with Gasteiger partial charge in [0.05, 0.1) is 5.69 Å². The number of aryl methyl sites for hydroxylation is 2. The highest BCUT2D eigenvalue weighted by Gasteiger charge is 2.28. The molecule has 0 aliphatic carbocycles. The first kappa shape index (κ1) is 11.7. The van der Waals surface area contributed by atoms with E-state index in [1.807, 2.05) is 0 Å².